The van der Waals surface area contributed by atoms with Crippen LogP contribution in [-0.4, -0.2) is 23.1 Å². The van der Waals surface area contributed by atoms with Crippen LogP contribution in [0.2, 0.25) is 0 Å². The van der Waals surface area contributed by atoms with E-state index < -0.39 is 0 Å². The second kappa shape index (κ2) is 8.25. The highest BCUT2D eigenvalue weighted by molar-refractivity contribution is 5.91. The van der Waals surface area contributed by atoms with Crippen molar-refractivity contribution in [3.8, 4) is 5.75 Å². The van der Waals surface area contributed by atoms with Crippen molar-refractivity contribution in [2.75, 3.05) is 24.2 Å². The molecule has 3 N–H and O–H groups in total. The van der Waals surface area contributed by atoms with Gasteiger partial charge in [0, 0.05) is 17.6 Å². The van der Waals surface area contributed by atoms with Gasteiger partial charge in [0.2, 0.25) is 0 Å². The number of nitrogens with one attached hydrogen (secondary N) is 1. The largest absolute Gasteiger partial charge is 0.493 e. The minimum Gasteiger partial charge on any atom is -0.493 e. The molecule has 0 unspecified atom stereocenters. The average Bonchev–Trinajstić information content (AvgIpc) is 3.21. The molecule has 1 fully saturated rings. The zero-order valence-corrected chi connectivity index (χ0v) is 15.5. The molecule has 1 heterocycles. The van der Waals surface area contributed by atoms with Gasteiger partial charge in [-0.15, -0.1) is 0 Å². The fraction of sp³-hybridized carbons (Fsp3) is 0.364. The van der Waals surface area contributed by atoms with Crippen LogP contribution < -0.4 is 15.8 Å². The summed E-state index contributed by atoms with van der Waals surface area (Å²) in [5.74, 6) is 2.52. The summed E-state index contributed by atoms with van der Waals surface area (Å²) in [7, 11) is 0. The SMILES string of the molecule is Nc1ccc2ncnc(NCCc3cccc(OCC4CCCC4)c3)c2c1. The number of hydrogen-bond donors (Lipinski definition) is 2. The van der Waals surface area contributed by atoms with Gasteiger partial charge < -0.3 is 15.8 Å². The first-order valence-corrected chi connectivity index (χ1v) is 9.74. The van der Waals surface area contributed by atoms with Crippen LogP contribution in [-0.2, 0) is 6.42 Å². The fourth-order valence-corrected chi connectivity index (χ4v) is 3.72. The summed E-state index contributed by atoms with van der Waals surface area (Å²) in [5, 5.41) is 4.36. The normalized spacial score (nSPS) is 14.5. The summed E-state index contributed by atoms with van der Waals surface area (Å²) in [5.41, 5.74) is 8.77. The number of nitrogens with zero attached hydrogens (tertiary/aromatic N) is 2. The molecule has 0 atom stereocenters. The predicted molar refractivity (Wildman–Crippen MR) is 110 cm³/mol. The smallest absolute Gasteiger partial charge is 0.137 e. The fourth-order valence-electron chi connectivity index (χ4n) is 3.72. The molecule has 3 aromatic rings. The molecule has 0 aliphatic heterocycles. The number of nitrogen functional groups attached to an aromatic ring is 1. The molecule has 4 rings (SSSR count). The highest BCUT2D eigenvalue weighted by Crippen LogP contribution is 2.26. The van der Waals surface area contributed by atoms with Gasteiger partial charge in [0.25, 0.3) is 0 Å². The number of fused-ring (bicyclic) bond motifs is 1. The topological polar surface area (TPSA) is 73.1 Å². The molecular weight excluding hydrogens is 336 g/mol. The first kappa shape index (κ1) is 17.6. The van der Waals surface area contributed by atoms with Crippen LogP contribution in [0.3, 0.4) is 0 Å². The summed E-state index contributed by atoms with van der Waals surface area (Å²) in [6.45, 7) is 1.63. The van der Waals surface area contributed by atoms with Gasteiger partial charge in [-0.25, -0.2) is 9.97 Å². The summed E-state index contributed by atoms with van der Waals surface area (Å²) in [6.07, 6.45) is 7.79. The molecule has 1 saturated carbocycles. The van der Waals surface area contributed by atoms with Gasteiger partial charge >= 0.3 is 0 Å². The second-order valence-corrected chi connectivity index (χ2v) is 7.28. The maximum absolute atomic E-state index is 6.01. The Morgan fingerprint density at radius 2 is 1.96 bits per heavy atom. The molecule has 5 heteroatoms. The molecule has 5 nitrogen and oxygen atoms in total. The van der Waals surface area contributed by atoms with Gasteiger partial charge in [0.1, 0.15) is 17.9 Å². The van der Waals surface area contributed by atoms with E-state index in [1.807, 2.05) is 24.3 Å². The molecule has 0 spiro atoms. The molecule has 1 aliphatic rings. The van der Waals surface area contributed by atoms with E-state index >= 15 is 0 Å². The van der Waals surface area contributed by atoms with E-state index in [2.05, 4.69) is 33.5 Å². The Kier molecular flexibility index (Phi) is 5.37. The lowest BCUT2D eigenvalue weighted by molar-refractivity contribution is 0.252. The van der Waals surface area contributed by atoms with Gasteiger partial charge in [0.15, 0.2) is 0 Å². The van der Waals surface area contributed by atoms with E-state index in [-0.39, 0.29) is 0 Å². The van der Waals surface area contributed by atoms with Crippen molar-refractivity contribution >= 4 is 22.4 Å². The van der Waals surface area contributed by atoms with Crippen LogP contribution >= 0.6 is 0 Å². The minimum atomic E-state index is 0.715. The lowest BCUT2D eigenvalue weighted by Crippen LogP contribution is -2.09. The maximum Gasteiger partial charge on any atom is 0.137 e. The van der Waals surface area contributed by atoms with Crippen molar-refractivity contribution in [2.24, 2.45) is 5.92 Å². The monoisotopic (exact) mass is 362 g/mol. The van der Waals surface area contributed by atoms with E-state index in [0.29, 0.717) is 5.69 Å². The second-order valence-electron chi connectivity index (χ2n) is 7.28. The number of nitrogens with two attached hydrogens (primary N) is 1. The molecule has 0 saturated heterocycles. The Bertz CT molecular complexity index is 906. The van der Waals surface area contributed by atoms with Crippen LogP contribution in [0.15, 0.2) is 48.8 Å². The third kappa shape index (κ3) is 4.48. The van der Waals surface area contributed by atoms with Crippen molar-refractivity contribution < 1.29 is 4.74 Å². The van der Waals surface area contributed by atoms with E-state index in [0.717, 1.165) is 48.0 Å². The number of anilines is 2. The van der Waals surface area contributed by atoms with Crippen LogP contribution in [0.5, 0.6) is 5.75 Å². The maximum atomic E-state index is 6.01. The first-order valence-electron chi connectivity index (χ1n) is 9.74. The lowest BCUT2D eigenvalue weighted by Gasteiger charge is -2.13. The zero-order chi connectivity index (χ0) is 18.5. The molecule has 0 bridgehead atoms. The van der Waals surface area contributed by atoms with Crippen LogP contribution in [0.25, 0.3) is 10.9 Å². The van der Waals surface area contributed by atoms with Gasteiger partial charge in [0.05, 0.1) is 12.1 Å². The molecule has 0 amide bonds. The summed E-state index contributed by atoms with van der Waals surface area (Å²) in [6, 6.07) is 14.1. The number of hydrogen-bond acceptors (Lipinski definition) is 5. The highest BCUT2D eigenvalue weighted by atomic mass is 16.5. The molecule has 0 radical (unpaired) electrons. The summed E-state index contributed by atoms with van der Waals surface area (Å²) in [4.78, 5) is 8.66. The predicted octanol–water partition coefficient (Wildman–Crippen LogP) is 4.44. The highest BCUT2D eigenvalue weighted by Gasteiger charge is 2.15. The molecule has 2 aromatic carbocycles. The van der Waals surface area contributed by atoms with Gasteiger partial charge in [-0.3, -0.25) is 0 Å². The zero-order valence-electron chi connectivity index (χ0n) is 15.5. The van der Waals surface area contributed by atoms with E-state index in [9.17, 15) is 0 Å². The lowest BCUT2D eigenvalue weighted by atomic mass is 10.1. The molecule has 1 aromatic heterocycles. The quantitative estimate of drug-likeness (QED) is 0.608. The standard InChI is InChI=1S/C22H26N4O/c23-18-8-9-21-20(13-18)22(26-15-25-21)24-11-10-16-6-3-7-19(12-16)27-14-17-4-1-2-5-17/h3,6-9,12-13,15,17H,1-2,4-5,10-11,14,23H2,(H,24,25,26). The van der Waals surface area contributed by atoms with Crippen molar-refractivity contribution in [1.82, 2.24) is 9.97 Å². The Hall–Kier alpha value is -2.82. The molecule has 140 valence electrons. The number of rotatable bonds is 7. The van der Waals surface area contributed by atoms with Gasteiger partial charge in [-0.2, -0.15) is 0 Å². The van der Waals surface area contributed by atoms with Gasteiger partial charge in [-0.1, -0.05) is 25.0 Å². The van der Waals surface area contributed by atoms with E-state index in [1.165, 1.54) is 31.2 Å². The van der Waals surface area contributed by atoms with Crippen molar-refractivity contribution in [3.63, 3.8) is 0 Å². The van der Waals surface area contributed by atoms with Gasteiger partial charge in [-0.05, 0) is 61.1 Å². The third-order valence-electron chi connectivity index (χ3n) is 5.22. The summed E-state index contributed by atoms with van der Waals surface area (Å²) >= 11 is 0. The first-order chi connectivity index (χ1) is 13.3. The minimum absolute atomic E-state index is 0.715. The summed E-state index contributed by atoms with van der Waals surface area (Å²) < 4.78 is 6.01. The van der Waals surface area contributed by atoms with Crippen molar-refractivity contribution in [3.05, 3.63) is 54.4 Å². The molecule has 1 aliphatic carbocycles. The van der Waals surface area contributed by atoms with Crippen LogP contribution in [0.4, 0.5) is 11.5 Å². The van der Waals surface area contributed by atoms with Crippen molar-refractivity contribution in [1.29, 1.82) is 0 Å². The van der Waals surface area contributed by atoms with E-state index in [1.54, 1.807) is 6.33 Å². The van der Waals surface area contributed by atoms with E-state index in [4.69, 9.17) is 10.5 Å². The average molecular weight is 362 g/mol. The Balaban J connectivity index is 1.35. The Morgan fingerprint density at radius 3 is 2.85 bits per heavy atom. The number of ether oxygens (including phenoxy) is 1. The van der Waals surface area contributed by atoms with Crippen LogP contribution in [0.1, 0.15) is 31.2 Å². The number of aromatic nitrogens is 2. The Labute approximate surface area is 160 Å². The Morgan fingerprint density at radius 1 is 1.07 bits per heavy atom. The molecular formula is C22H26N4O. The van der Waals surface area contributed by atoms with Crippen molar-refractivity contribution in [2.45, 2.75) is 32.1 Å². The third-order valence-corrected chi connectivity index (χ3v) is 5.22. The molecule has 27 heavy (non-hydrogen) atoms. The van der Waals surface area contributed by atoms with Crippen LogP contribution in [0, 0.1) is 5.92 Å². The number of benzene rings is 2.